The third kappa shape index (κ3) is 2.31. The van der Waals surface area contributed by atoms with Crippen molar-refractivity contribution in [2.45, 2.75) is 19.4 Å². The number of nitrogens with zero attached hydrogens (tertiary/aromatic N) is 2. The van der Waals surface area contributed by atoms with Crippen molar-refractivity contribution in [1.82, 2.24) is 5.01 Å². The summed E-state index contributed by atoms with van der Waals surface area (Å²) >= 11 is 7.41. The highest BCUT2D eigenvalue weighted by molar-refractivity contribution is 7.12. The van der Waals surface area contributed by atoms with Gasteiger partial charge in [0.15, 0.2) is 5.22 Å². The van der Waals surface area contributed by atoms with Crippen LogP contribution in [0, 0.1) is 0 Å². The van der Waals surface area contributed by atoms with E-state index in [0.29, 0.717) is 17.4 Å². The molecule has 0 aromatic carbocycles. The van der Waals surface area contributed by atoms with E-state index in [9.17, 15) is 4.79 Å². The summed E-state index contributed by atoms with van der Waals surface area (Å²) in [6.07, 6.45) is 0.643. The Balaban J connectivity index is 1.93. The largest absolute Gasteiger partial charge is 0.447 e. The molecule has 6 heteroatoms. The van der Waals surface area contributed by atoms with Gasteiger partial charge < -0.3 is 4.42 Å². The lowest BCUT2D eigenvalue weighted by Crippen LogP contribution is -2.23. The fraction of sp³-hybridized carbons (Fsp3) is 0.231. The molecule has 1 atom stereocenters. The Morgan fingerprint density at radius 2 is 2.37 bits per heavy atom. The first-order valence-electron chi connectivity index (χ1n) is 5.81. The summed E-state index contributed by atoms with van der Waals surface area (Å²) in [5.74, 6) is 0.555. The van der Waals surface area contributed by atoms with Crippen molar-refractivity contribution in [3.05, 3.63) is 45.5 Å². The van der Waals surface area contributed by atoms with Gasteiger partial charge in [0.05, 0.1) is 10.6 Å². The maximum atomic E-state index is 11.7. The molecule has 1 amide bonds. The van der Waals surface area contributed by atoms with Gasteiger partial charge in [-0.2, -0.15) is 5.10 Å². The van der Waals surface area contributed by atoms with Gasteiger partial charge in [-0.25, -0.2) is 5.01 Å². The van der Waals surface area contributed by atoms with E-state index in [2.05, 4.69) is 5.10 Å². The van der Waals surface area contributed by atoms with Gasteiger partial charge in [-0.3, -0.25) is 4.79 Å². The van der Waals surface area contributed by atoms with Crippen molar-refractivity contribution in [2.75, 3.05) is 0 Å². The molecular weight excluding hydrogens is 284 g/mol. The van der Waals surface area contributed by atoms with Gasteiger partial charge in [-0.05, 0) is 35.2 Å². The second-order valence-corrected chi connectivity index (χ2v) is 5.57. The Hall–Kier alpha value is -1.59. The minimum Gasteiger partial charge on any atom is -0.447 e. The number of amides is 1. The molecule has 98 valence electrons. The first-order valence-corrected chi connectivity index (χ1v) is 7.07. The number of rotatable bonds is 2. The van der Waals surface area contributed by atoms with E-state index < -0.39 is 0 Å². The fourth-order valence-electron chi connectivity index (χ4n) is 2.12. The molecule has 0 N–H and O–H groups in total. The molecule has 2 aromatic heterocycles. The third-order valence-corrected chi connectivity index (χ3v) is 4.08. The number of hydrogen-bond donors (Lipinski definition) is 0. The molecule has 1 aliphatic rings. The lowest BCUT2D eigenvalue weighted by atomic mass is 10.1. The lowest BCUT2D eigenvalue weighted by molar-refractivity contribution is -0.130. The molecule has 0 aliphatic carbocycles. The van der Waals surface area contributed by atoms with Crippen LogP contribution in [0.15, 0.2) is 39.2 Å². The van der Waals surface area contributed by atoms with Crippen LogP contribution in [0.1, 0.15) is 30.0 Å². The highest BCUT2D eigenvalue weighted by Gasteiger charge is 2.33. The summed E-state index contributed by atoms with van der Waals surface area (Å²) in [5, 5.41) is 8.18. The van der Waals surface area contributed by atoms with Crippen molar-refractivity contribution < 1.29 is 9.21 Å². The van der Waals surface area contributed by atoms with Crippen molar-refractivity contribution in [3.63, 3.8) is 0 Å². The van der Waals surface area contributed by atoms with E-state index in [1.165, 1.54) is 11.9 Å². The molecule has 3 heterocycles. The first-order chi connectivity index (χ1) is 9.15. The Morgan fingerprint density at radius 1 is 1.53 bits per heavy atom. The van der Waals surface area contributed by atoms with E-state index in [1.807, 2.05) is 17.5 Å². The summed E-state index contributed by atoms with van der Waals surface area (Å²) < 4.78 is 5.42. The van der Waals surface area contributed by atoms with Gasteiger partial charge in [0.2, 0.25) is 5.91 Å². The van der Waals surface area contributed by atoms with Crippen LogP contribution >= 0.6 is 22.9 Å². The molecule has 19 heavy (non-hydrogen) atoms. The summed E-state index contributed by atoms with van der Waals surface area (Å²) in [4.78, 5) is 12.8. The zero-order valence-electron chi connectivity index (χ0n) is 10.2. The Labute approximate surface area is 119 Å². The fourth-order valence-corrected chi connectivity index (χ4v) is 2.99. The second kappa shape index (κ2) is 4.83. The van der Waals surface area contributed by atoms with Gasteiger partial charge >= 0.3 is 0 Å². The summed E-state index contributed by atoms with van der Waals surface area (Å²) in [5.41, 5.74) is 0.905. The molecular formula is C13H11ClN2O2S. The summed E-state index contributed by atoms with van der Waals surface area (Å²) in [6.45, 7) is 1.50. The van der Waals surface area contributed by atoms with Crippen LogP contribution in [-0.4, -0.2) is 16.6 Å². The first kappa shape index (κ1) is 12.4. The number of furan rings is 1. The van der Waals surface area contributed by atoms with Crippen molar-refractivity contribution in [1.29, 1.82) is 0 Å². The molecule has 3 rings (SSSR count). The SMILES string of the molecule is CC(=O)N1N=C(c2cccs2)CC1c1ccc(Cl)o1. The molecule has 2 aromatic rings. The van der Waals surface area contributed by atoms with Crippen LogP contribution in [0.3, 0.4) is 0 Å². The summed E-state index contributed by atoms with van der Waals surface area (Å²) in [7, 11) is 0. The lowest BCUT2D eigenvalue weighted by Gasteiger charge is -2.17. The molecule has 1 aliphatic heterocycles. The number of carbonyl (C=O) groups is 1. The minimum atomic E-state index is -0.206. The molecule has 0 radical (unpaired) electrons. The molecule has 1 unspecified atom stereocenters. The van der Waals surface area contributed by atoms with Gasteiger partial charge in [0.1, 0.15) is 11.8 Å². The van der Waals surface area contributed by atoms with Crippen molar-refractivity contribution >= 4 is 34.6 Å². The van der Waals surface area contributed by atoms with Crippen LogP contribution in [-0.2, 0) is 4.79 Å². The van der Waals surface area contributed by atoms with Gasteiger partial charge in [-0.15, -0.1) is 11.3 Å². The maximum absolute atomic E-state index is 11.7. The van der Waals surface area contributed by atoms with E-state index >= 15 is 0 Å². The third-order valence-electron chi connectivity index (χ3n) is 2.96. The van der Waals surface area contributed by atoms with E-state index in [-0.39, 0.29) is 11.9 Å². The average molecular weight is 295 g/mol. The van der Waals surface area contributed by atoms with Gasteiger partial charge in [-0.1, -0.05) is 6.07 Å². The number of hydrazone groups is 1. The Kier molecular flexibility index (Phi) is 3.16. The Bertz CT molecular complexity index is 633. The molecule has 0 saturated heterocycles. The predicted molar refractivity (Wildman–Crippen MR) is 74.5 cm³/mol. The number of hydrogen-bond acceptors (Lipinski definition) is 4. The normalized spacial score (nSPS) is 18.7. The van der Waals surface area contributed by atoms with Gasteiger partial charge in [0.25, 0.3) is 0 Å². The highest BCUT2D eigenvalue weighted by Crippen LogP contribution is 2.35. The zero-order valence-corrected chi connectivity index (χ0v) is 11.7. The van der Waals surface area contributed by atoms with Gasteiger partial charge in [0, 0.05) is 13.3 Å². The van der Waals surface area contributed by atoms with Crippen LogP contribution in [0.2, 0.25) is 5.22 Å². The van der Waals surface area contributed by atoms with E-state index in [1.54, 1.807) is 23.5 Å². The number of thiophene rings is 1. The van der Waals surface area contributed by atoms with Crippen molar-refractivity contribution in [2.24, 2.45) is 5.10 Å². The smallest absolute Gasteiger partial charge is 0.240 e. The topological polar surface area (TPSA) is 45.8 Å². The number of halogens is 1. The standard InChI is InChI=1S/C13H11ClN2O2S/c1-8(17)16-10(11-4-5-13(14)18-11)7-9(15-16)12-3-2-6-19-12/h2-6,10H,7H2,1H3. The molecule has 0 spiro atoms. The Morgan fingerprint density at radius 3 is 2.95 bits per heavy atom. The summed E-state index contributed by atoms with van der Waals surface area (Å²) in [6, 6.07) is 7.23. The van der Waals surface area contributed by atoms with Crippen LogP contribution in [0.25, 0.3) is 0 Å². The second-order valence-electron chi connectivity index (χ2n) is 4.25. The predicted octanol–water partition coefficient (Wildman–Crippen LogP) is 3.69. The van der Waals surface area contributed by atoms with Crippen LogP contribution < -0.4 is 0 Å². The van der Waals surface area contributed by atoms with E-state index in [0.717, 1.165) is 10.6 Å². The molecule has 0 fully saturated rings. The highest BCUT2D eigenvalue weighted by atomic mass is 35.5. The quantitative estimate of drug-likeness (QED) is 0.848. The molecule has 0 saturated carbocycles. The van der Waals surface area contributed by atoms with Crippen molar-refractivity contribution in [3.8, 4) is 0 Å². The number of carbonyl (C=O) groups excluding carboxylic acids is 1. The maximum Gasteiger partial charge on any atom is 0.240 e. The van der Waals surface area contributed by atoms with E-state index in [4.69, 9.17) is 16.0 Å². The van der Waals surface area contributed by atoms with Crippen LogP contribution in [0.4, 0.5) is 0 Å². The molecule has 4 nitrogen and oxygen atoms in total. The minimum absolute atomic E-state index is 0.107. The monoisotopic (exact) mass is 294 g/mol. The van der Waals surface area contributed by atoms with Crippen LogP contribution in [0.5, 0.6) is 0 Å². The zero-order chi connectivity index (χ0) is 13.4. The molecule has 0 bridgehead atoms. The average Bonchev–Trinajstić information content (AvgIpc) is 3.07.